The lowest BCUT2D eigenvalue weighted by molar-refractivity contribution is 0.0948. The average Bonchev–Trinajstić information content (AvgIpc) is 2.61. The van der Waals surface area contributed by atoms with Crippen LogP contribution in [0.25, 0.3) is 0 Å². The molecule has 1 N–H and O–H groups in total. The highest BCUT2D eigenvalue weighted by Crippen LogP contribution is 2.25. The van der Waals surface area contributed by atoms with E-state index in [4.69, 9.17) is 0 Å². The number of aliphatic hydroxyl groups excluding tert-OH is 1. The van der Waals surface area contributed by atoms with Gasteiger partial charge in [-0.3, -0.25) is 0 Å². The van der Waals surface area contributed by atoms with Gasteiger partial charge in [0.15, 0.2) is 0 Å². The molecule has 0 aromatic rings. The molecule has 16 heavy (non-hydrogen) atoms. The molecular weight excluding hydrogens is 200 g/mol. The van der Waals surface area contributed by atoms with E-state index in [2.05, 4.69) is 36.3 Å². The van der Waals surface area contributed by atoms with Gasteiger partial charge in [0.1, 0.15) is 0 Å². The molecule has 90 valence electrons. The fraction of sp³-hybridized carbons (Fsp3) is 0.692. The second-order valence-electron chi connectivity index (χ2n) is 5.07. The predicted octanol–water partition coefficient (Wildman–Crippen LogP) is 1.56. The van der Waals surface area contributed by atoms with Gasteiger partial charge < -0.3 is 14.9 Å². The molecular formula is C13H22N2O. The summed E-state index contributed by atoms with van der Waals surface area (Å²) in [6.07, 6.45) is 3.89. The van der Waals surface area contributed by atoms with Crippen molar-refractivity contribution in [3.8, 4) is 0 Å². The van der Waals surface area contributed by atoms with Crippen molar-refractivity contribution in [2.75, 3.05) is 19.6 Å². The molecule has 3 heteroatoms. The van der Waals surface area contributed by atoms with Crippen LogP contribution in [0, 0.1) is 0 Å². The summed E-state index contributed by atoms with van der Waals surface area (Å²) in [6.45, 7) is 11.4. The van der Waals surface area contributed by atoms with E-state index >= 15 is 0 Å². The Hall–Kier alpha value is -0.960. The Balaban J connectivity index is 1.97. The molecule has 0 radical (unpaired) electrons. The minimum atomic E-state index is -0.0948. The number of nitrogens with zero attached hydrogens (tertiary/aromatic N) is 2. The van der Waals surface area contributed by atoms with Gasteiger partial charge in [0, 0.05) is 30.5 Å². The van der Waals surface area contributed by atoms with Gasteiger partial charge in [0.2, 0.25) is 0 Å². The molecule has 0 unspecified atom stereocenters. The average molecular weight is 222 g/mol. The van der Waals surface area contributed by atoms with E-state index in [0.717, 1.165) is 38.2 Å². The van der Waals surface area contributed by atoms with Crippen molar-refractivity contribution in [3.63, 3.8) is 0 Å². The fourth-order valence-corrected chi connectivity index (χ4v) is 2.46. The normalized spacial score (nSPS) is 23.2. The van der Waals surface area contributed by atoms with Crippen molar-refractivity contribution in [1.82, 2.24) is 9.80 Å². The molecule has 1 fully saturated rings. The Bertz CT molecular complexity index is 301. The van der Waals surface area contributed by atoms with Crippen LogP contribution >= 0.6 is 0 Å². The van der Waals surface area contributed by atoms with Crippen molar-refractivity contribution in [3.05, 3.63) is 24.0 Å². The first-order valence-corrected chi connectivity index (χ1v) is 6.17. The summed E-state index contributed by atoms with van der Waals surface area (Å²) in [7, 11) is 0. The predicted molar refractivity (Wildman–Crippen MR) is 65.9 cm³/mol. The number of hydrogen-bond acceptors (Lipinski definition) is 3. The van der Waals surface area contributed by atoms with E-state index in [1.165, 1.54) is 5.70 Å². The highest BCUT2D eigenvalue weighted by atomic mass is 16.3. The van der Waals surface area contributed by atoms with Gasteiger partial charge in [-0.05, 0) is 32.8 Å². The van der Waals surface area contributed by atoms with Crippen LogP contribution in [-0.4, -0.2) is 46.7 Å². The number of likely N-dealkylation sites (tertiary alicyclic amines) is 1. The second-order valence-corrected chi connectivity index (χ2v) is 5.07. The lowest BCUT2D eigenvalue weighted by Crippen LogP contribution is -2.37. The molecule has 0 saturated carbocycles. The van der Waals surface area contributed by atoms with Gasteiger partial charge >= 0.3 is 0 Å². The molecule has 0 aliphatic carbocycles. The smallest absolute Gasteiger partial charge is 0.0582 e. The van der Waals surface area contributed by atoms with Crippen molar-refractivity contribution in [2.45, 2.75) is 38.8 Å². The number of allylic oxidation sites excluding steroid dienone is 1. The summed E-state index contributed by atoms with van der Waals surface area (Å²) < 4.78 is 0. The Labute approximate surface area is 98.0 Å². The van der Waals surface area contributed by atoms with Crippen LogP contribution in [0.2, 0.25) is 0 Å². The van der Waals surface area contributed by atoms with E-state index in [9.17, 15) is 5.11 Å². The molecule has 2 aliphatic rings. The van der Waals surface area contributed by atoms with Crippen molar-refractivity contribution in [2.24, 2.45) is 0 Å². The minimum absolute atomic E-state index is 0.0948. The maximum absolute atomic E-state index is 9.49. The Morgan fingerprint density at radius 3 is 2.50 bits per heavy atom. The molecule has 3 nitrogen and oxygen atoms in total. The molecule has 2 rings (SSSR count). The lowest BCUT2D eigenvalue weighted by atomic mass is 10.1. The highest BCUT2D eigenvalue weighted by Gasteiger charge is 2.25. The third-order valence-electron chi connectivity index (χ3n) is 3.53. The fourth-order valence-electron chi connectivity index (χ4n) is 2.46. The zero-order valence-electron chi connectivity index (χ0n) is 10.3. The van der Waals surface area contributed by atoms with Gasteiger partial charge in [0.25, 0.3) is 0 Å². The zero-order valence-corrected chi connectivity index (χ0v) is 10.3. The molecule has 0 spiro atoms. The van der Waals surface area contributed by atoms with Crippen molar-refractivity contribution < 1.29 is 5.11 Å². The van der Waals surface area contributed by atoms with E-state index in [0.29, 0.717) is 6.04 Å². The van der Waals surface area contributed by atoms with Crippen LogP contribution in [0.3, 0.4) is 0 Å². The summed E-state index contributed by atoms with van der Waals surface area (Å²) in [6, 6.07) is 0.511. The molecule has 2 heterocycles. The first-order chi connectivity index (χ1) is 7.58. The molecule has 0 atom stereocenters. The van der Waals surface area contributed by atoms with E-state index in [1.807, 2.05) is 0 Å². The molecule has 2 aliphatic heterocycles. The summed E-state index contributed by atoms with van der Waals surface area (Å²) in [5.74, 6) is 0. The summed E-state index contributed by atoms with van der Waals surface area (Å²) in [5, 5.41) is 9.49. The third-order valence-corrected chi connectivity index (χ3v) is 3.53. The largest absolute Gasteiger partial charge is 0.393 e. The molecule has 0 amide bonds. The lowest BCUT2D eigenvalue weighted by Gasteiger charge is -2.33. The third kappa shape index (κ3) is 2.24. The zero-order chi connectivity index (χ0) is 11.7. The Morgan fingerprint density at radius 1 is 1.38 bits per heavy atom. The van der Waals surface area contributed by atoms with Crippen LogP contribution in [0.1, 0.15) is 26.7 Å². The quantitative estimate of drug-likeness (QED) is 0.768. The Kier molecular flexibility index (Phi) is 3.24. The summed E-state index contributed by atoms with van der Waals surface area (Å²) in [4.78, 5) is 4.71. The number of aliphatic hydroxyl groups is 1. The van der Waals surface area contributed by atoms with E-state index in [-0.39, 0.29) is 6.10 Å². The van der Waals surface area contributed by atoms with Crippen molar-refractivity contribution >= 4 is 0 Å². The Morgan fingerprint density at radius 2 is 2.00 bits per heavy atom. The number of hydrogen-bond donors (Lipinski definition) is 1. The SMILES string of the molecule is C=C1C=C(N2CCC(O)CC2)CN1C(C)C. The van der Waals surface area contributed by atoms with Crippen LogP contribution in [0.4, 0.5) is 0 Å². The van der Waals surface area contributed by atoms with Crippen molar-refractivity contribution in [1.29, 1.82) is 0 Å². The van der Waals surface area contributed by atoms with Gasteiger partial charge in [-0.25, -0.2) is 0 Å². The second kappa shape index (κ2) is 4.50. The highest BCUT2D eigenvalue weighted by molar-refractivity contribution is 5.28. The first kappa shape index (κ1) is 11.5. The standard InChI is InChI=1S/C13H22N2O/c1-10(2)15-9-12(8-11(15)3)14-6-4-13(16)5-7-14/h8,10,13,16H,3-7,9H2,1-2H3. The van der Waals surface area contributed by atoms with Gasteiger partial charge in [-0.15, -0.1) is 0 Å². The molecule has 1 saturated heterocycles. The summed E-state index contributed by atoms with van der Waals surface area (Å²) >= 11 is 0. The van der Waals surface area contributed by atoms with Crippen LogP contribution in [0.15, 0.2) is 24.0 Å². The van der Waals surface area contributed by atoms with Gasteiger partial charge in [-0.1, -0.05) is 6.58 Å². The van der Waals surface area contributed by atoms with E-state index in [1.54, 1.807) is 0 Å². The maximum Gasteiger partial charge on any atom is 0.0582 e. The number of rotatable bonds is 2. The molecule has 0 aromatic carbocycles. The van der Waals surface area contributed by atoms with Crippen LogP contribution in [-0.2, 0) is 0 Å². The van der Waals surface area contributed by atoms with Gasteiger partial charge in [-0.2, -0.15) is 0 Å². The molecule has 0 bridgehead atoms. The minimum Gasteiger partial charge on any atom is -0.393 e. The maximum atomic E-state index is 9.49. The van der Waals surface area contributed by atoms with Gasteiger partial charge in [0.05, 0.1) is 12.6 Å². The monoisotopic (exact) mass is 222 g/mol. The first-order valence-electron chi connectivity index (χ1n) is 6.17. The molecule has 0 aromatic heterocycles. The van der Waals surface area contributed by atoms with Crippen LogP contribution < -0.4 is 0 Å². The van der Waals surface area contributed by atoms with Crippen LogP contribution in [0.5, 0.6) is 0 Å². The van der Waals surface area contributed by atoms with E-state index < -0.39 is 0 Å². The number of piperidine rings is 1. The summed E-state index contributed by atoms with van der Waals surface area (Å²) in [5.41, 5.74) is 2.49. The topological polar surface area (TPSA) is 26.7 Å².